The average molecular weight is 330 g/mol. The first-order chi connectivity index (χ1) is 10.9. The third-order valence-electron chi connectivity index (χ3n) is 4.04. The largest absolute Gasteiger partial charge is 0.308 e. The normalized spacial score (nSPS) is 14.4. The number of carbonyl (C=O) groups excluding carboxylic acids is 1. The van der Waals surface area contributed by atoms with Gasteiger partial charge in [-0.1, -0.05) is 17.7 Å². The van der Waals surface area contributed by atoms with Gasteiger partial charge in [0.25, 0.3) is 5.91 Å². The molecule has 1 aliphatic rings. The van der Waals surface area contributed by atoms with Crippen LogP contribution in [0.5, 0.6) is 0 Å². The highest BCUT2D eigenvalue weighted by Crippen LogP contribution is 2.30. The number of aryl methyl sites for hydroxylation is 2. The summed E-state index contributed by atoms with van der Waals surface area (Å²) in [5, 5.41) is 5.18. The van der Waals surface area contributed by atoms with Crippen LogP contribution in [0.25, 0.3) is 0 Å². The molecule has 0 aromatic heterocycles. The van der Waals surface area contributed by atoms with Crippen molar-refractivity contribution in [1.29, 1.82) is 0 Å². The van der Waals surface area contributed by atoms with E-state index in [9.17, 15) is 13.2 Å². The number of anilines is 1. The quantitative estimate of drug-likeness (QED) is 0.917. The number of nitrogens with two attached hydrogens (primary N) is 1. The van der Waals surface area contributed by atoms with Gasteiger partial charge in [0.15, 0.2) is 0 Å². The summed E-state index contributed by atoms with van der Waals surface area (Å²) in [6.07, 6.45) is 1.52. The topological polar surface area (TPSA) is 80.5 Å². The standard InChI is InChI=1S/C17H18N2O3S/c1-12-4-6-13(7-5-12)17(20)19-10-2-3-14-11-15(23(18,21)22)8-9-16(14)19/h4-9,11H,2-3,10H2,1H3,(H2,18,21,22). The monoisotopic (exact) mass is 330 g/mol. The van der Waals surface area contributed by atoms with Crippen LogP contribution in [0, 0.1) is 6.92 Å². The highest BCUT2D eigenvalue weighted by atomic mass is 32.2. The molecule has 0 spiro atoms. The number of sulfonamides is 1. The van der Waals surface area contributed by atoms with Gasteiger partial charge in [0.1, 0.15) is 0 Å². The zero-order chi connectivity index (χ0) is 16.6. The molecule has 3 rings (SSSR count). The number of amides is 1. The van der Waals surface area contributed by atoms with Crippen molar-refractivity contribution in [1.82, 2.24) is 0 Å². The van der Waals surface area contributed by atoms with Gasteiger partial charge in [-0.15, -0.1) is 0 Å². The molecule has 23 heavy (non-hydrogen) atoms. The van der Waals surface area contributed by atoms with Crippen molar-refractivity contribution in [2.24, 2.45) is 5.14 Å². The number of primary sulfonamides is 1. The van der Waals surface area contributed by atoms with Crippen LogP contribution in [0.4, 0.5) is 5.69 Å². The molecule has 1 heterocycles. The molecule has 1 amide bonds. The zero-order valence-electron chi connectivity index (χ0n) is 12.8. The number of rotatable bonds is 2. The lowest BCUT2D eigenvalue weighted by Gasteiger charge is -2.30. The van der Waals surface area contributed by atoms with Crippen molar-refractivity contribution in [3.8, 4) is 0 Å². The number of hydrogen-bond acceptors (Lipinski definition) is 3. The van der Waals surface area contributed by atoms with Gasteiger partial charge >= 0.3 is 0 Å². The summed E-state index contributed by atoms with van der Waals surface area (Å²) in [6.45, 7) is 2.59. The predicted molar refractivity (Wildman–Crippen MR) is 89.0 cm³/mol. The molecule has 0 atom stereocenters. The van der Waals surface area contributed by atoms with E-state index in [1.165, 1.54) is 6.07 Å². The summed E-state index contributed by atoms with van der Waals surface area (Å²) < 4.78 is 23.0. The molecule has 1 aliphatic heterocycles. The Kier molecular flexibility index (Phi) is 3.95. The lowest BCUT2D eigenvalue weighted by atomic mass is 10.0. The van der Waals surface area contributed by atoms with Gasteiger partial charge in [-0.2, -0.15) is 0 Å². The molecule has 2 aromatic rings. The van der Waals surface area contributed by atoms with Gasteiger partial charge in [-0.25, -0.2) is 13.6 Å². The highest BCUT2D eigenvalue weighted by molar-refractivity contribution is 7.89. The Morgan fingerprint density at radius 1 is 1.13 bits per heavy atom. The zero-order valence-corrected chi connectivity index (χ0v) is 13.6. The molecule has 0 saturated carbocycles. The summed E-state index contributed by atoms with van der Waals surface area (Å²) in [7, 11) is -3.73. The Labute approximate surface area is 135 Å². The Bertz CT molecular complexity index is 858. The minimum absolute atomic E-state index is 0.0747. The second-order valence-corrected chi connectivity index (χ2v) is 7.32. The van der Waals surface area contributed by atoms with Crippen molar-refractivity contribution < 1.29 is 13.2 Å². The minimum Gasteiger partial charge on any atom is -0.308 e. The number of fused-ring (bicyclic) bond motifs is 1. The van der Waals surface area contributed by atoms with Crippen molar-refractivity contribution in [3.63, 3.8) is 0 Å². The molecular formula is C17H18N2O3S. The van der Waals surface area contributed by atoms with Crippen LogP contribution >= 0.6 is 0 Å². The Morgan fingerprint density at radius 2 is 1.83 bits per heavy atom. The third-order valence-corrected chi connectivity index (χ3v) is 4.95. The van der Waals surface area contributed by atoms with Crippen LogP contribution in [0.3, 0.4) is 0 Å². The molecule has 0 fully saturated rings. The first kappa shape index (κ1) is 15.7. The Morgan fingerprint density at radius 3 is 2.48 bits per heavy atom. The number of carbonyl (C=O) groups is 1. The predicted octanol–water partition coefficient (Wildman–Crippen LogP) is 2.24. The van der Waals surface area contributed by atoms with Gasteiger partial charge in [-0.05, 0) is 55.7 Å². The summed E-state index contributed by atoms with van der Waals surface area (Å²) >= 11 is 0. The molecule has 120 valence electrons. The molecule has 2 N–H and O–H groups in total. The number of nitrogens with zero attached hydrogens (tertiary/aromatic N) is 1. The fourth-order valence-electron chi connectivity index (χ4n) is 2.81. The van der Waals surface area contributed by atoms with E-state index >= 15 is 0 Å². The van der Waals surface area contributed by atoms with E-state index in [0.29, 0.717) is 12.1 Å². The van der Waals surface area contributed by atoms with Crippen molar-refractivity contribution in [2.75, 3.05) is 11.4 Å². The summed E-state index contributed by atoms with van der Waals surface area (Å²) in [5.74, 6) is -0.0747. The first-order valence-electron chi connectivity index (χ1n) is 7.40. The molecule has 0 unspecified atom stereocenters. The van der Waals surface area contributed by atoms with E-state index in [0.717, 1.165) is 29.7 Å². The van der Waals surface area contributed by atoms with Crippen molar-refractivity contribution in [3.05, 3.63) is 59.2 Å². The Hall–Kier alpha value is -2.18. The second-order valence-electron chi connectivity index (χ2n) is 5.76. The fraction of sp³-hybridized carbons (Fsp3) is 0.235. The first-order valence-corrected chi connectivity index (χ1v) is 8.95. The van der Waals surface area contributed by atoms with Crippen LogP contribution in [0.15, 0.2) is 47.4 Å². The van der Waals surface area contributed by atoms with E-state index < -0.39 is 10.0 Å². The van der Waals surface area contributed by atoms with Crippen LogP contribution in [-0.2, 0) is 16.4 Å². The lowest BCUT2D eigenvalue weighted by molar-refractivity contribution is 0.0985. The van der Waals surface area contributed by atoms with Crippen LogP contribution in [-0.4, -0.2) is 20.9 Å². The summed E-state index contributed by atoms with van der Waals surface area (Å²) in [4.78, 5) is 14.5. The van der Waals surface area contributed by atoms with E-state index in [2.05, 4.69) is 0 Å². The molecule has 2 aromatic carbocycles. The van der Waals surface area contributed by atoms with E-state index in [1.807, 2.05) is 31.2 Å². The smallest absolute Gasteiger partial charge is 0.258 e. The van der Waals surface area contributed by atoms with Crippen molar-refractivity contribution in [2.45, 2.75) is 24.7 Å². The fourth-order valence-corrected chi connectivity index (χ4v) is 3.38. The maximum Gasteiger partial charge on any atom is 0.258 e. The maximum absolute atomic E-state index is 12.7. The second kappa shape index (κ2) is 5.79. The van der Waals surface area contributed by atoms with E-state index in [-0.39, 0.29) is 10.8 Å². The van der Waals surface area contributed by atoms with Crippen molar-refractivity contribution >= 4 is 21.6 Å². The molecule has 0 saturated heterocycles. The summed E-state index contributed by atoms with van der Waals surface area (Å²) in [5.41, 5.74) is 3.31. The van der Waals surface area contributed by atoms with Crippen LogP contribution in [0.2, 0.25) is 0 Å². The van der Waals surface area contributed by atoms with Gasteiger partial charge in [0, 0.05) is 17.8 Å². The molecule has 6 heteroatoms. The molecule has 0 radical (unpaired) electrons. The van der Waals surface area contributed by atoms with Gasteiger partial charge in [0.2, 0.25) is 10.0 Å². The van der Waals surface area contributed by atoms with Crippen LogP contribution < -0.4 is 10.0 Å². The minimum atomic E-state index is -3.73. The molecule has 5 nitrogen and oxygen atoms in total. The average Bonchev–Trinajstić information content (AvgIpc) is 2.53. The SMILES string of the molecule is Cc1ccc(C(=O)N2CCCc3cc(S(N)(=O)=O)ccc32)cc1. The molecule has 0 bridgehead atoms. The van der Waals surface area contributed by atoms with Gasteiger partial charge < -0.3 is 4.90 Å². The highest BCUT2D eigenvalue weighted by Gasteiger charge is 2.24. The number of hydrogen-bond donors (Lipinski definition) is 1. The van der Waals surface area contributed by atoms with E-state index in [4.69, 9.17) is 5.14 Å². The number of benzene rings is 2. The van der Waals surface area contributed by atoms with E-state index in [1.54, 1.807) is 17.0 Å². The lowest BCUT2D eigenvalue weighted by Crippen LogP contribution is -2.35. The maximum atomic E-state index is 12.7. The molecule has 0 aliphatic carbocycles. The van der Waals surface area contributed by atoms with Crippen LogP contribution in [0.1, 0.15) is 27.9 Å². The third kappa shape index (κ3) is 3.13. The molecular weight excluding hydrogens is 312 g/mol. The summed E-state index contributed by atoms with van der Waals surface area (Å²) in [6, 6.07) is 12.1. The van der Waals surface area contributed by atoms with Gasteiger partial charge in [0.05, 0.1) is 4.90 Å². The Balaban J connectivity index is 1.98. The van der Waals surface area contributed by atoms with Gasteiger partial charge in [-0.3, -0.25) is 4.79 Å².